The maximum absolute atomic E-state index is 13.5. The summed E-state index contributed by atoms with van der Waals surface area (Å²) in [5.41, 5.74) is 1.71. The van der Waals surface area contributed by atoms with E-state index in [0.717, 1.165) is 25.2 Å². The van der Waals surface area contributed by atoms with Crippen molar-refractivity contribution >= 4 is 0 Å². The molecule has 1 saturated heterocycles. The smallest absolute Gasteiger partial charge is 0.126 e. The van der Waals surface area contributed by atoms with Gasteiger partial charge in [0.05, 0.1) is 6.61 Å². The minimum atomic E-state index is -0.128. The SMILES string of the molecule is CNC(c1ccc(C)c(F)c1)C1CCOC1. The molecule has 0 amide bonds. The van der Waals surface area contributed by atoms with Gasteiger partial charge in [0, 0.05) is 18.6 Å². The van der Waals surface area contributed by atoms with Crippen molar-refractivity contribution in [3.63, 3.8) is 0 Å². The predicted molar refractivity (Wildman–Crippen MR) is 61.9 cm³/mol. The highest BCUT2D eigenvalue weighted by molar-refractivity contribution is 5.26. The molecular formula is C13H18FNO. The molecule has 88 valence electrons. The molecule has 0 saturated carbocycles. The van der Waals surface area contributed by atoms with E-state index in [1.165, 1.54) is 0 Å². The fourth-order valence-corrected chi connectivity index (χ4v) is 2.29. The van der Waals surface area contributed by atoms with E-state index in [9.17, 15) is 4.39 Å². The van der Waals surface area contributed by atoms with Crippen LogP contribution in [-0.2, 0) is 4.74 Å². The molecule has 2 nitrogen and oxygen atoms in total. The molecule has 0 radical (unpaired) electrons. The Bertz CT molecular complexity index is 361. The Kier molecular flexibility index (Phi) is 3.56. The van der Waals surface area contributed by atoms with Crippen molar-refractivity contribution in [1.82, 2.24) is 5.32 Å². The lowest BCUT2D eigenvalue weighted by atomic mass is 9.92. The van der Waals surface area contributed by atoms with Crippen molar-refractivity contribution in [2.45, 2.75) is 19.4 Å². The fourth-order valence-electron chi connectivity index (χ4n) is 2.29. The van der Waals surface area contributed by atoms with Crippen LogP contribution in [0.5, 0.6) is 0 Å². The van der Waals surface area contributed by atoms with Crippen LogP contribution in [-0.4, -0.2) is 20.3 Å². The molecule has 3 heteroatoms. The van der Waals surface area contributed by atoms with E-state index < -0.39 is 0 Å². The largest absolute Gasteiger partial charge is 0.381 e. The van der Waals surface area contributed by atoms with Crippen molar-refractivity contribution in [2.24, 2.45) is 5.92 Å². The van der Waals surface area contributed by atoms with Crippen LogP contribution in [0.1, 0.15) is 23.6 Å². The molecule has 2 unspecified atom stereocenters. The van der Waals surface area contributed by atoms with E-state index in [2.05, 4.69) is 5.32 Å². The summed E-state index contributed by atoms with van der Waals surface area (Å²) in [5.74, 6) is 0.323. The van der Waals surface area contributed by atoms with E-state index in [-0.39, 0.29) is 11.9 Å². The lowest BCUT2D eigenvalue weighted by Crippen LogP contribution is -2.25. The van der Waals surface area contributed by atoms with Gasteiger partial charge in [0.2, 0.25) is 0 Å². The second kappa shape index (κ2) is 4.93. The van der Waals surface area contributed by atoms with Gasteiger partial charge in [-0.05, 0) is 37.6 Å². The molecule has 0 aliphatic carbocycles. The van der Waals surface area contributed by atoms with Gasteiger partial charge < -0.3 is 10.1 Å². The summed E-state index contributed by atoms with van der Waals surface area (Å²) in [4.78, 5) is 0. The lowest BCUT2D eigenvalue weighted by molar-refractivity contribution is 0.177. The molecule has 2 atom stereocenters. The summed E-state index contributed by atoms with van der Waals surface area (Å²) >= 11 is 0. The molecule has 1 aromatic rings. The van der Waals surface area contributed by atoms with Gasteiger partial charge in [-0.1, -0.05) is 12.1 Å². The van der Waals surface area contributed by atoms with Crippen LogP contribution in [0.4, 0.5) is 4.39 Å². The van der Waals surface area contributed by atoms with Crippen molar-refractivity contribution in [1.29, 1.82) is 0 Å². The topological polar surface area (TPSA) is 21.3 Å². The van der Waals surface area contributed by atoms with Crippen molar-refractivity contribution < 1.29 is 9.13 Å². The van der Waals surface area contributed by atoms with E-state index in [1.54, 1.807) is 13.0 Å². The van der Waals surface area contributed by atoms with Gasteiger partial charge in [0.1, 0.15) is 5.82 Å². The van der Waals surface area contributed by atoms with Crippen LogP contribution < -0.4 is 5.32 Å². The standard InChI is InChI=1S/C13H18FNO/c1-9-3-4-10(7-12(9)14)13(15-2)11-5-6-16-8-11/h3-4,7,11,13,15H,5-6,8H2,1-2H3. The van der Waals surface area contributed by atoms with Crippen LogP contribution in [0.15, 0.2) is 18.2 Å². The number of nitrogens with one attached hydrogen (secondary N) is 1. The maximum Gasteiger partial charge on any atom is 0.126 e. The highest BCUT2D eigenvalue weighted by atomic mass is 19.1. The van der Waals surface area contributed by atoms with Gasteiger partial charge in [-0.2, -0.15) is 0 Å². The van der Waals surface area contributed by atoms with Crippen LogP contribution in [0.3, 0.4) is 0 Å². The van der Waals surface area contributed by atoms with Crippen molar-refractivity contribution in [3.05, 3.63) is 35.1 Å². The van der Waals surface area contributed by atoms with Gasteiger partial charge in [0.25, 0.3) is 0 Å². The first-order valence-corrected chi connectivity index (χ1v) is 5.73. The number of hydrogen-bond acceptors (Lipinski definition) is 2. The number of benzene rings is 1. The van der Waals surface area contributed by atoms with Crippen LogP contribution in [0.2, 0.25) is 0 Å². The third-order valence-corrected chi connectivity index (χ3v) is 3.30. The normalized spacial score (nSPS) is 22.3. The first kappa shape index (κ1) is 11.6. The molecular weight excluding hydrogens is 205 g/mol. The third kappa shape index (κ3) is 2.25. The van der Waals surface area contributed by atoms with E-state index in [1.807, 2.05) is 19.2 Å². The zero-order chi connectivity index (χ0) is 11.5. The fraction of sp³-hybridized carbons (Fsp3) is 0.538. The summed E-state index contributed by atoms with van der Waals surface area (Å²) < 4.78 is 18.9. The number of hydrogen-bond donors (Lipinski definition) is 1. The zero-order valence-corrected chi connectivity index (χ0v) is 9.79. The van der Waals surface area contributed by atoms with Gasteiger partial charge in [-0.3, -0.25) is 0 Å². The highest BCUT2D eigenvalue weighted by Gasteiger charge is 2.26. The molecule has 1 aliphatic rings. The Morgan fingerprint density at radius 2 is 2.31 bits per heavy atom. The van der Waals surface area contributed by atoms with Gasteiger partial charge in [-0.15, -0.1) is 0 Å². The predicted octanol–water partition coefficient (Wildman–Crippen LogP) is 2.43. The zero-order valence-electron chi connectivity index (χ0n) is 9.79. The molecule has 1 aliphatic heterocycles. The molecule has 1 heterocycles. The first-order chi connectivity index (χ1) is 7.72. The summed E-state index contributed by atoms with van der Waals surface area (Å²) in [6.45, 7) is 3.37. The summed E-state index contributed by atoms with van der Waals surface area (Å²) in [6, 6.07) is 5.66. The molecule has 0 bridgehead atoms. The number of aryl methyl sites for hydroxylation is 1. The monoisotopic (exact) mass is 223 g/mol. The summed E-state index contributed by atoms with van der Waals surface area (Å²) in [7, 11) is 1.92. The number of halogens is 1. The number of rotatable bonds is 3. The molecule has 1 aromatic carbocycles. The lowest BCUT2D eigenvalue weighted by Gasteiger charge is -2.22. The van der Waals surface area contributed by atoms with Crippen LogP contribution >= 0.6 is 0 Å². The second-order valence-electron chi connectivity index (χ2n) is 4.40. The molecule has 1 fully saturated rings. The Balaban J connectivity index is 2.22. The average molecular weight is 223 g/mol. The Morgan fingerprint density at radius 1 is 1.50 bits per heavy atom. The third-order valence-electron chi connectivity index (χ3n) is 3.30. The molecule has 2 rings (SSSR count). The van der Waals surface area contributed by atoms with E-state index >= 15 is 0 Å². The quantitative estimate of drug-likeness (QED) is 0.849. The molecule has 0 aromatic heterocycles. The Labute approximate surface area is 95.8 Å². The van der Waals surface area contributed by atoms with Crippen molar-refractivity contribution in [3.8, 4) is 0 Å². The summed E-state index contributed by atoms with van der Waals surface area (Å²) in [6.07, 6.45) is 1.04. The second-order valence-corrected chi connectivity index (χ2v) is 4.40. The number of ether oxygens (including phenoxy) is 1. The Hall–Kier alpha value is -0.930. The highest BCUT2D eigenvalue weighted by Crippen LogP contribution is 2.29. The first-order valence-electron chi connectivity index (χ1n) is 5.73. The summed E-state index contributed by atoms with van der Waals surface area (Å²) in [5, 5.41) is 3.26. The van der Waals surface area contributed by atoms with Crippen molar-refractivity contribution in [2.75, 3.05) is 20.3 Å². The van der Waals surface area contributed by atoms with Gasteiger partial charge in [0.15, 0.2) is 0 Å². The minimum absolute atomic E-state index is 0.128. The minimum Gasteiger partial charge on any atom is -0.381 e. The van der Waals surface area contributed by atoms with Crippen LogP contribution in [0.25, 0.3) is 0 Å². The van der Waals surface area contributed by atoms with Gasteiger partial charge in [-0.25, -0.2) is 4.39 Å². The maximum atomic E-state index is 13.5. The Morgan fingerprint density at radius 3 is 2.88 bits per heavy atom. The average Bonchev–Trinajstić information content (AvgIpc) is 2.78. The molecule has 1 N–H and O–H groups in total. The van der Waals surface area contributed by atoms with Crippen LogP contribution in [0, 0.1) is 18.7 Å². The molecule has 0 spiro atoms. The van der Waals surface area contributed by atoms with Gasteiger partial charge >= 0.3 is 0 Å². The van der Waals surface area contributed by atoms with E-state index in [0.29, 0.717) is 11.5 Å². The molecule has 16 heavy (non-hydrogen) atoms. The van der Waals surface area contributed by atoms with E-state index in [4.69, 9.17) is 4.74 Å².